The van der Waals surface area contributed by atoms with Crippen molar-refractivity contribution < 1.29 is 14.3 Å². The number of aromatic amines is 1. The van der Waals surface area contributed by atoms with Crippen molar-refractivity contribution in [3.63, 3.8) is 0 Å². The molecule has 0 aliphatic heterocycles. The second kappa shape index (κ2) is 11.1. The number of hydrogen-bond donors (Lipinski definition) is 2. The number of rotatable bonds is 7. The van der Waals surface area contributed by atoms with E-state index in [1.165, 1.54) is 0 Å². The number of esters is 1. The van der Waals surface area contributed by atoms with Gasteiger partial charge in [0.2, 0.25) is 5.82 Å². The van der Waals surface area contributed by atoms with Crippen molar-refractivity contribution in [2.45, 2.75) is 65.0 Å². The van der Waals surface area contributed by atoms with Crippen LogP contribution in [0, 0.1) is 0 Å². The van der Waals surface area contributed by atoms with Crippen molar-refractivity contribution in [1.82, 2.24) is 35.9 Å². The summed E-state index contributed by atoms with van der Waals surface area (Å²) >= 11 is 0. The first-order valence-electron chi connectivity index (χ1n) is 12.7. The van der Waals surface area contributed by atoms with E-state index in [0.29, 0.717) is 22.8 Å². The average Bonchev–Trinajstić information content (AvgIpc) is 3.42. The zero-order chi connectivity index (χ0) is 28.2. The van der Waals surface area contributed by atoms with Gasteiger partial charge in [-0.2, -0.15) is 5.21 Å². The molecule has 0 fully saturated rings. The molecule has 1 amide bonds. The summed E-state index contributed by atoms with van der Waals surface area (Å²) in [4.78, 5) is 34.9. The van der Waals surface area contributed by atoms with E-state index in [1.807, 2.05) is 36.4 Å². The third kappa shape index (κ3) is 7.31. The first-order valence-corrected chi connectivity index (χ1v) is 12.7. The van der Waals surface area contributed by atoms with Crippen molar-refractivity contribution >= 4 is 11.9 Å². The van der Waals surface area contributed by atoms with Crippen LogP contribution in [0.3, 0.4) is 0 Å². The summed E-state index contributed by atoms with van der Waals surface area (Å²) in [6, 6.07) is 14.1. The molecule has 1 unspecified atom stereocenters. The molecule has 10 nitrogen and oxygen atoms in total. The Balaban J connectivity index is 1.49. The fourth-order valence-corrected chi connectivity index (χ4v) is 3.83. The molecule has 202 valence electrons. The van der Waals surface area contributed by atoms with Crippen LogP contribution in [0.15, 0.2) is 60.9 Å². The lowest BCUT2D eigenvalue weighted by atomic mass is 9.86. The van der Waals surface area contributed by atoms with E-state index in [4.69, 9.17) is 4.74 Å². The van der Waals surface area contributed by atoms with Crippen LogP contribution in [0.5, 0.6) is 0 Å². The van der Waals surface area contributed by atoms with Gasteiger partial charge in [-0.25, -0.2) is 14.8 Å². The number of carbonyl (C=O) groups excluding carboxylic acids is 2. The SMILES string of the molecule is CC(C)(C)OC(=O)C(Cc1ccc(-c2ncc(-c3nn[nH]n3)cn2)cc1)NC(=O)c1ccc(C(C)(C)C)cc1. The molecular weight excluding hydrogens is 494 g/mol. The van der Waals surface area contributed by atoms with Crippen LogP contribution in [0.4, 0.5) is 0 Å². The van der Waals surface area contributed by atoms with Crippen molar-refractivity contribution in [3.8, 4) is 22.8 Å². The molecule has 0 saturated carbocycles. The Kier molecular flexibility index (Phi) is 7.85. The number of ether oxygens (including phenoxy) is 1. The van der Waals surface area contributed by atoms with Crippen molar-refractivity contribution in [2.75, 3.05) is 0 Å². The zero-order valence-corrected chi connectivity index (χ0v) is 23.0. The highest BCUT2D eigenvalue weighted by Crippen LogP contribution is 2.23. The van der Waals surface area contributed by atoms with E-state index < -0.39 is 17.6 Å². The topological polar surface area (TPSA) is 136 Å². The number of carbonyl (C=O) groups is 2. The summed E-state index contributed by atoms with van der Waals surface area (Å²) in [5, 5.41) is 16.7. The number of tetrazole rings is 1. The lowest BCUT2D eigenvalue weighted by molar-refractivity contribution is -0.157. The van der Waals surface area contributed by atoms with Crippen LogP contribution >= 0.6 is 0 Å². The molecule has 2 aromatic carbocycles. The van der Waals surface area contributed by atoms with Gasteiger partial charge < -0.3 is 10.1 Å². The van der Waals surface area contributed by atoms with Gasteiger partial charge in [0.05, 0.1) is 5.56 Å². The first kappa shape index (κ1) is 27.6. The van der Waals surface area contributed by atoms with Crippen LogP contribution in [0.25, 0.3) is 22.8 Å². The van der Waals surface area contributed by atoms with Gasteiger partial charge in [0.1, 0.15) is 11.6 Å². The fraction of sp³-hybridized carbons (Fsp3) is 0.345. The Bertz CT molecular complexity index is 1400. The van der Waals surface area contributed by atoms with Crippen molar-refractivity contribution in [2.24, 2.45) is 0 Å². The highest BCUT2D eigenvalue weighted by molar-refractivity contribution is 5.97. The second-order valence-electron chi connectivity index (χ2n) is 11.3. The lowest BCUT2D eigenvalue weighted by Gasteiger charge is -2.25. The largest absolute Gasteiger partial charge is 0.458 e. The number of nitrogens with one attached hydrogen (secondary N) is 2. The molecule has 0 spiro atoms. The Morgan fingerprint density at radius 3 is 2.05 bits per heavy atom. The number of aromatic nitrogens is 6. The van der Waals surface area contributed by atoms with E-state index in [2.05, 4.69) is 56.7 Å². The van der Waals surface area contributed by atoms with Crippen LogP contribution in [-0.2, 0) is 21.4 Å². The summed E-state index contributed by atoms with van der Waals surface area (Å²) in [6.45, 7) is 11.7. The van der Waals surface area contributed by atoms with Gasteiger partial charge in [-0.3, -0.25) is 4.79 Å². The molecular formula is C29H33N7O3. The van der Waals surface area contributed by atoms with Gasteiger partial charge in [0.15, 0.2) is 5.82 Å². The van der Waals surface area contributed by atoms with Gasteiger partial charge >= 0.3 is 5.97 Å². The van der Waals surface area contributed by atoms with Gasteiger partial charge in [-0.05, 0) is 54.7 Å². The Labute approximate surface area is 227 Å². The Hall–Kier alpha value is -4.47. The van der Waals surface area contributed by atoms with Gasteiger partial charge in [0.25, 0.3) is 5.91 Å². The molecule has 10 heteroatoms. The minimum Gasteiger partial charge on any atom is -0.458 e. The summed E-state index contributed by atoms with van der Waals surface area (Å²) in [5.74, 6) is 0.117. The van der Waals surface area contributed by atoms with E-state index in [0.717, 1.165) is 16.7 Å². The summed E-state index contributed by atoms with van der Waals surface area (Å²) in [7, 11) is 0. The smallest absolute Gasteiger partial charge is 0.329 e. The predicted molar refractivity (Wildman–Crippen MR) is 147 cm³/mol. The lowest BCUT2D eigenvalue weighted by Crippen LogP contribution is -2.45. The number of hydrogen-bond acceptors (Lipinski definition) is 8. The molecule has 0 bridgehead atoms. The molecule has 0 radical (unpaired) electrons. The molecule has 4 aromatic rings. The van der Waals surface area contributed by atoms with Crippen molar-refractivity contribution in [1.29, 1.82) is 0 Å². The molecule has 0 aliphatic rings. The maximum atomic E-state index is 13.1. The van der Waals surface area contributed by atoms with Gasteiger partial charge in [-0.1, -0.05) is 57.2 Å². The molecule has 0 aliphatic carbocycles. The molecule has 39 heavy (non-hydrogen) atoms. The van der Waals surface area contributed by atoms with E-state index in [9.17, 15) is 9.59 Å². The van der Waals surface area contributed by atoms with E-state index >= 15 is 0 Å². The predicted octanol–water partition coefficient (Wildman–Crippen LogP) is 4.30. The monoisotopic (exact) mass is 527 g/mol. The maximum Gasteiger partial charge on any atom is 0.329 e. The van der Waals surface area contributed by atoms with E-state index in [-0.39, 0.29) is 17.7 Å². The summed E-state index contributed by atoms with van der Waals surface area (Å²) in [5.41, 5.74) is 3.18. The van der Waals surface area contributed by atoms with Gasteiger partial charge in [0, 0.05) is 29.9 Å². The van der Waals surface area contributed by atoms with Crippen LogP contribution < -0.4 is 5.32 Å². The first-order chi connectivity index (χ1) is 18.4. The number of nitrogens with zero attached hydrogens (tertiary/aromatic N) is 5. The minimum atomic E-state index is -0.865. The Morgan fingerprint density at radius 1 is 0.872 bits per heavy atom. The zero-order valence-electron chi connectivity index (χ0n) is 23.0. The molecule has 2 heterocycles. The van der Waals surface area contributed by atoms with Crippen LogP contribution in [-0.4, -0.2) is 54.1 Å². The average molecular weight is 528 g/mol. The molecule has 4 rings (SSSR count). The van der Waals surface area contributed by atoms with Crippen LogP contribution in [0.2, 0.25) is 0 Å². The quantitative estimate of drug-likeness (QED) is 0.340. The number of H-pyrrole nitrogens is 1. The third-order valence-corrected chi connectivity index (χ3v) is 5.92. The minimum absolute atomic E-state index is 0.0262. The Morgan fingerprint density at radius 2 is 1.51 bits per heavy atom. The standard InChI is InChI=1S/C29H33N7O3/c1-28(2,3)22-13-11-20(12-14-22)26(37)32-23(27(38)39-29(4,5)6)15-18-7-9-19(10-8-18)24-30-16-21(17-31-24)25-33-35-36-34-25/h7-14,16-17,23H,15H2,1-6H3,(H,32,37)(H,33,34,35,36). The van der Waals surface area contributed by atoms with Gasteiger partial charge in [-0.15, -0.1) is 10.2 Å². The molecule has 2 N–H and O–H groups in total. The highest BCUT2D eigenvalue weighted by Gasteiger charge is 2.27. The normalized spacial score (nSPS) is 12.6. The van der Waals surface area contributed by atoms with Crippen LogP contribution in [0.1, 0.15) is 63.0 Å². The van der Waals surface area contributed by atoms with Crippen molar-refractivity contribution in [3.05, 3.63) is 77.6 Å². The second-order valence-corrected chi connectivity index (χ2v) is 11.3. The number of benzene rings is 2. The molecule has 2 aromatic heterocycles. The van der Waals surface area contributed by atoms with E-state index in [1.54, 1.807) is 45.3 Å². The molecule has 1 atom stereocenters. The summed E-state index contributed by atoms with van der Waals surface area (Å²) < 4.78 is 5.62. The number of amides is 1. The maximum absolute atomic E-state index is 13.1. The third-order valence-electron chi connectivity index (χ3n) is 5.92. The highest BCUT2D eigenvalue weighted by atomic mass is 16.6. The summed E-state index contributed by atoms with van der Waals surface area (Å²) in [6.07, 6.45) is 3.52. The molecule has 0 saturated heterocycles. The fourth-order valence-electron chi connectivity index (χ4n) is 3.83.